The summed E-state index contributed by atoms with van der Waals surface area (Å²) in [5.74, 6) is 0.269. The number of anilines is 2. The molecule has 0 unspecified atom stereocenters. The number of halogens is 1. The number of carbonyl (C=O) groups excluding carboxylic acids is 3. The summed E-state index contributed by atoms with van der Waals surface area (Å²) in [5.41, 5.74) is 0.238. The fourth-order valence-corrected chi connectivity index (χ4v) is 4.21. The Hall–Kier alpha value is -4.05. The largest absolute Gasteiger partial charge is 0.493 e. The van der Waals surface area contributed by atoms with Gasteiger partial charge in [-0.15, -0.1) is 0 Å². The third-order valence-corrected chi connectivity index (χ3v) is 6.77. The number of hydrogen-bond acceptors (Lipinski definition) is 7. The maximum absolute atomic E-state index is 13.9. The van der Waals surface area contributed by atoms with E-state index in [2.05, 4.69) is 15.8 Å². The molecule has 3 rings (SSSR count). The minimum Gasteiger partial charge on any atom is -0.493 e. The van der Waals surface area contributed by atoms with Crippen LogP contribution in [0.25, 0.3) is 0 Å². The summed E-state index contributed by atoms with van der Waals surface area (Å²) in [6, 6.07) is 12.2. The first kappa shape index (κ1) is 30.5. The molecule has 2 aromatic carbocycles. The molecule has 11 heteroatoms. The highest BCUT2D eigenvalue weighted by molar-refractivity contribution is 6.31. The monoisotopic (exact) mass is 570 g/mol. The van der Waals surface area contributed by atoms with Crippen LogP contribution < -0.4 is 25.0 Å². The van der Waals surface area contributed by atoms with Gasteiger partial charge in [-0.1, -0.05) is 41.9 Å². The van der Waals surface area contributed by atoms with Crippen molar-refractivity contribution < 1.29 is 28.4 Å². The first-order valence-corrected chi connectivity index (χ1v) is 13.2. The second-order valence-electron chi connectivity index (χ2n) is 9.82. The lowest BCUT2D eigenvalue weighted by atomic mass is 9.97. The predicted molar refractivity (Wildman–Crippen MR) is 153 cm³/mol. The van der Waals surface area contributed by atoms with Gasteiger partial charge in [-0.25, -0.2) is 0 Å². The Balaban J connectivity index is 2.05. The molecule has 1 heterocycles. The highest BCUT2D eigenvalue weighted by Crippen LogP contribution is 2.37. The van der Waals surface area contributed by atoms with Crippen LogP contribution in [0, 0.1) is 6.92 Å². The van der Waals surface area contributed by atoms with E-state index < -0.39 is 29.3 Å². The molecule has 10 nitrogen and oxygen atoms in total. The van der Waals surface area contributed by atoms with Gasteiger partial charge in [0.15, 0.2) is 17.3 Å². The number of carbonyl (C=O) groups is 3. The van der Waals surface area contributed by atoms with Gasteiger partial charge in [-0.05, 0) is 45.4 Å². The molecule has 3 amide bonds. The molecule has 0 saturated carbocycles. The zero-order chi connectivity index (χ0) is 29.4. The van der Waals surface area contributed by atoms with Gasteiger partial charge in [0.1, 0.15) is 11.8 Å². The Bertz CT molecular complexity index is 1360. The number of hydrogen-bond donors (Lipinski definition) is 2. The third kappa shape index (κ3) is 7.53. The normalized spacial score (nSPS) is 11.9. The molecule has 0 aliphatic rings. The quantitative estimate of drug-likeness (QED) is 0.297. The van der Waals surface area contributed by atoms with Crippen molar-refractivity contribution in [3.63, 3.8) is 0 Å². The third-order valence-electron chi connectivity index (χ3n) is 6.43. The van der Waals surface area contributed by atoms with Crippen molar-refractivity contribution in [1.29, 1.82) is 0 Å². The van der Waals surface area contributed by atoms with Gasteiger partial charge in [0.05, 0.1) is 14.2 Å². The highest BCUT2D eigenvalue weighted by atomic mass is 35.5. The molecule has 1 atom stereocenters. The lowest BCUT2D eigenvalue weighted by Crippen LogP contribution is -2.50. The van der Waals surface area contributed by atoms with E-state index in [0.717, 1.165) is 0 Å². The Labute approximate surface area is 238 Å². The average Bonchev–Trinajstić information content (AvgIpc) is 3.34. The summed E-state index contributed by atoms with van der Waals surface area (Å²) < 4.78 is 15.8. The number of methoxy groups -OCH3 is 2. The number of aromatic nitrogens is 1. The first-order valence-electron chi connectivity index (χ1n) is 12.8. The van der Waals surface area contributed by atoms with Gasteiger partial charge in [0, 0.05) is 46.8 Å². The zero-order valence-corrected chi connectivity index (χ0v) is 24.3. The minimum absolute atomic E-state index is 0.161. The first-order chi connectivity index (χ1) is 19.0. The summed E-state index contributed by atoms with van der Waals surface area (Å²) in [5, 5.41) is 9.72. The van der Waals surface area contributed by atoms with Crippen molar-refractivity contribution in [2.24, 2.45) is 0 Å². The second kappa shape index (κ2) is 13.3. The van der Waals surface area contributed by atoms with E-state index in [1.807, 2.05) is 20.8 Å². The number of rotatable bonds is 12. The molecule has 0 aliphatic carbocycles. The molecule has 1 aromatic heterocycles. The van der Waals surface area contributed by atoms with Crippen LogP contribution >= 0.6 is 11.6 Å². The highest BCUT2D eigenvalue weighted by Gasteiger charge is 2.36. The van der Waals surface area contributed by atoms with Gasteiger partial charge in [-0.2, -0.15) is 0 Å². The molecular formula is C29H35ClN4O6. The van der Waals surface area contributed by atoms with Gasteiger partial charge in [0.25, 0.3) is 0 Å². The molecule has 0 saturated heterocycles. The topological polar surface area (TPSA) is 123 Å². The summed E-state index contributed by atoms with van der Waals surface area (Å²) in [4.78, 5) is 41.8. The van der Waals surface area contributed by atoms with E-state index in [0.29, 0.717) is 40.0 Å². The van der Waals surface area contributed by atoms with Crippen molar-refractivity contribution in [1.82, 2.24) is 10.5 Å². The molecule has 0 radical (unpaired) electrons. The molecule has 0 bridgehead atoms. The fraction of sp³-hybridized carbons (Fsp3) is 0.379. The van der Waals surface area contributed by atoms with Gasteiger partial charge in [-0.3, -0.25) is 19.3 Å². The predicted octanol–water partition coefficient (Wildman–Crippen LogP) is 5.45. The van der Waals surface area contributed by atoms with E-state index in [-0.39, 0.29) is 18.7 Å². The van der Waals surface area contributed by atoms with E-state index in [1.54, 1.807) is 55.5 Å². The van der Waals surface area contributed by atoms with Gasteiger partial charge in [0.2, 0.25) is 17.7 Å². The van der Waals surface area contributed by atoms with Crippen molar-refractivity contribution in [3.8, 4) is 11.5 Å². The van der Waals surface area contributed by atoms with E-state index >= 15 is 0 Å². The van der Waals surface area contributed by atoms with Crippen LogP contribution in [0.15, 0.2) is 53.1 Å². The van der Waals surface area contributed by atoms with Crippen molar-refractivity contribution in [3.05, 3.63) is 64.9 Å². The second-order valence-corrected chi connectivity index (χ2v) is 10.2. The number of benzene rings is 2. The molecule has 214 valence electrons. The number of nitrogens with zero attached hydrogens (tertiary/aromatic N) is 2. The molecule has 0 aliphatic heterocycles. The summed E-state index contributed by atoms with van der Waals surface area (Å²) in [7, 11) is 2.98. The fourth-order valence-electron chi connectivity index (χ4n) is 3.97. The smallest absolute Gasteiger partial charge is 0.248 e. The maximum atomic E-state index is 13.9. The van der Waals surface area contributed by atoms with Crippen LogP contribution in [-0.4, -0.2) is 42.6 Å². The van der Waals surface area contributed by atoms with Crippen LogP contribution in [0.5, 0.6) is 11.5 Å². The molecule has 40 heavy (non-hydrogen) atoms. The summed E-state index contributed by atoms with van der Waals surface area (Å²) in [6.07, 6.45) is 0.286. The Morgan fingerprint density at radius 3 is 2.35 bits per heavy atom. The number of ether oxygens (including phenoxy) is 2. The molecule has 0 fully saturated rings. The van der Waals surface area contributed by atoms with Gasteiger partial charge < -0.3 is 24.6 Å². The standard InChI is InChI=1S/C29H35ClN4O6/c1-7-29(3,4)32-28(37)27(20-10-8-9-11-21(20)30)34(19-12-13-22(38-5)23(17-19)39-6)26(36)15-14-25(35)31-24-16-18(2)40-33-24/h8-13,16-17,27H,7,14-15H2,1-6H3,(H,32,37)(H,31,33,35)/t27-/m1/s1. The van der Waals surface area contributed by atoms with Crippen molar-refractivity contribution in [2.45, 2.75) is 58.5 Å². The lowest BCUT2D eigenvalue weighted by Gasteiger charge is -2.35. The summed E-state index contributed by atoms with van der Waals surface area (Å²) >= 11 is 6.59. The minimum atomic E-state index is -1.15. The van der Waals surface area contributed by atoms with Crippen molar-refractivity contribution >= 4 is 40.8 Å². The SMILES string of the molecule is CCC(C)(C)NC(=O)[C@@H](c1ccccc1Cl)N(C(=O)CCC(=O)Nc1cc(C)on1)c1ccc(OC)c(OC)c1. The van der Waals surface area contributed by atoms with Crippen LogP contribution in [0.1, 0.15) is 57.4 Å². The van der Waals surface area contributed by atoms with Crippen LogP contribution in [0.4, 0.5) is 11.5 Å². The molecule has 0 spiro atoms. The van der Waals surface area contributed by atoms with Crippen LogP contribution in [0.3, 0.4) is 0 Å². The van der Waals surface area contributed by atoms with E-state index in [9.17, 15) is 14.4 Å². The number of aryl methyl sites for hydroxylation is 1. The molecule has 3 aromatic rings. The summed E-state index contributed by atoms with van der Waals surface area (Å²) in [6.45, 7) is 7.45. The lowest BCUT2D eigenvalue weighted by molar-refractivity contribution is -0.128. The van der Waals surface area contributed by atoms with E-state index in [1.165, 1.54) is 19.1 Å². The molecule has 2 N–H and O–H groups in total. The molecular weight excluding hydrogens is 536 g/mol. The van der Waals surface area contributed by atoms with Crippen molar-refractivity contribution in [2.75, 3.05) is 24.4 Å². The number of nitrogens with one attached hydrogen (secondary N) is 2. The van der Waals surface area contributed by atoms with Gasteiger partial charge >= 0.3 is 0 Å². The van der Waals surface area contributed by atoms with Crippen LogP contribution in [-0.2, 0) is 14.4 Å². The zero-order valence-electron chi connectivity index (χ0n) is 23.5. The Morgan fingerprint density at radius 2 is 1.75 bits per heavy atom. The Morgan fingerprint density at radius 1 is 1.05 bits per heavy atom. The average molecular weight is 571 g/mol. The Kier molecular flexibility index (Phi) is 10.2. The van der Waals surface area contributed by atoms with E-state index in [4.69, 9.17) is 25.6 Å². The number of amides is 3. The van der Waals surface area contributed by atoms with Crippen LogP contribution in [0.2, 0.25) is 5.02 Å². The maximum Gasteiger partial charge on any atom is 0.248 e.